The van der Waals surface area contributed by atoms with Gasteiger partial charge in [-0.05, 0) is 17.2 Å². The molecule has 5 nitrogen and oxygen atoms in total. The molecule has 0 amide bonds. The Morgan fingerprint density at radius 3 is 1.12 bits per heavy atom. The van der Waals surface area contributed by atoms with Gasteiger partial charge in [0.25, 0.3) is 0 Å². The summed E-state index contributed by atoms with van der Waals surface area (Å²) in [5.41, 5.74) is -2.65. The first-order chi connectivity index (χ1) is 15.1. The predicted octanol–water partition coefficient (Wildman–Crippen LogP) is 6.78. The molecule has 1 aromatic heterocycles. The van der Waals surface area contributed by atoms with E-state index < -0.39 is 23.7 Å². The highest BCUT2D eigenvalue weighted by Gasteiger charge is 2.65. The molecule has 0 fully saturated rings. The van der Waals surface area contributed by atoms with E-state index in [4.69, 9.17) is 0 Å². The number of hydrogen-bond acceptors (Lipinski definition) is 5. The fourth-order valence-corrected chi connectivity index (χ4v) is 3.43. The average Bonchev–Trinajstić information content (AvgIpc) is 3.66. The van der Waals surface area contributed by atoms with E-state index in [-0.39, 0.29) is 11.1 Å². The smallest absolute Gasteiger partial charge is 0.263 e. The minimum absolute atomic E-state index is 0.0806. The molecule has 0 aliphatic carbocycles. The van der Waals surface area contributed by atoms with Crippen molar-refractivity contribution in [2.75, 3.05) is 0 Å². The van der Waals surface area contributed by atoms with E-state index in [0.29, 0.717) is 22.3 Å². The molecule has 0 N–H and O–H groups in total. The minimum Gasteiger partial charge on any atom is -0.263 e. The number of halogens is 6. The van der Waals surface area contributed by atoms with E-state index >= 15 is 0 Å². The second kappa shape index (κ2) is 6.44. The predicted molar refractivity (Wildman–Crippen MR) is 100 cm³/mol. The van der Waals surface area contributed by atoms with E-state index in [0.717, 1.165) is 0 Å². The Balaban J connectivity index is 1.40. The molecular formula is C21H11F6N5. The van der Waals surface area contributed by atoms with Gasteiger partial charge in [0.1, 0.15) is 0 Å². The van der Waals surface area contributed by atoms with Crippen LogP contribution in [0.4, 0.5) is 26.3 Å². The first-order valence-electron chi connectivity index (χ1n) is 9.24. The SMILES string of the molecule is FC(F)(F)C1(c2ccc(-c3cncc(-c4ccc(C5(C(F)(F)F)N=N5)cc4)c3)cc2)N=N1. The molecular weight excluding hydrogens is 436 g/mol. The number of pyridine rings is 1. The Labute approximate surface area is 176 Å². The van der Waals surface area contributed by atoms with Crippen molar-refractivity contribution in [1.82, 2.24) is 4.98 Å². The van der Waals surface area contributed by atoms with E-state index in [1.54, 1.807) is 18.5 Å². The lowest BCUT2D eigenvalue weighted by Gasteiger charge is -2.15. The van der Waals surface area contributed by atoms with Gasteiger partial charge in [-0.3, -0.25) is 4.98 Å². The molecule has 0 saturated heterocycles. The van der Waals surface area contributed by atoms with Gasteiger partial charge in [0, 0.05) is 34.6 Å². The summed E-state index contributed by atoms with van der Waals surface area (Å²) in [7, 11) is 0. The molecule has 0 saturated carbocycles. The van der Waals surface area contributed by atoms with Crippen LogP contribution in [0.2, 0.25) is 0 Å². The van der Waals surface area contributed by atoms with Crippen molar-refractivity contribution >= 4 is 0 Å². The molecule has 11 heteroatoms. The average molecular weight is 447 g/mol. The summed E-state index contributed by atoms with van der Waals surface area (Å²) in [5, 5.41) is 12.7. The van der Waals surface area contributed by atoms with Crippen molar-refractivity contribution in [2.24, 2.45) is 20.5 Å². The molecule has 5 rings (SSSR count). The Hall–Kier alpha value is -3.63. The van der Waals surface area contributed by atoms with Crippen LogP contribution in [-0.4, -0.2) is 17.3 Å². The quantitative estimate of drug-likeness (QED) is 0.407. The number of rotatable bonds is 4. The minimum atomic E-state index is -4.60. The third-order valence-electron chi connectivity index (χ3n) is 5.37. The lowest BCUT2D eigenvalue weighted by Crippen LogP contribution is -2.29. The zero-order chi connectivity index (χ0) is 22.8. The van der Waals surface area contributed by atoms with E-state index in [1.807, 2.05) is 0 Å². The van der Waals surface area contributed by atoms with Crippen LogP contribution in [0.1, 0.15) is 11.1 Å². The molecule has 0 spiro atoms. The van der Waals surface area contributed by atoms with Gasteiger partial charge in [-0.2, -0.15) is 26.3 Å². The van der Waals surface area contributed by atoms with E-state index in [2.05, 4.69) is 25.4 Å². The van der Waals surface area contributed by atoms with E-state index in [1.165, 1.54) is 48.5 Å². The molecule has 2 aromatic carbocycles. The maximum absolute atomic E-state index is 13.1. The summed E-state index contributed by atoms with van der Waals surface area (Å²) < 4.78 is 78.9. The van der Waals surface area contributed by atoms with Crippen LogP contribution in [-0.2, 0) is 11.3 Å². The van der Waals surface area contributed by atoms with Crippen LogP contribution in [0.3, 0.4) is 0 Å². The van der Waals surface area contributed by atoms with Crippen LogP contribution >= 0.6 is 0 Å². The highest BCUT2D eigenvalue weighted by Crippen LogP contribution is 2.53. The van der Waals surface area contributed by atoms with Crippen LogP contribution in [0, 0.1) is 0 Å². The lowest BCUT2D eigenvalue weighted by atomic mass is 9.96. The Morgan fingerprint density at radius 2 is 0.844 bits per heavy atom. The Bertz CT molecular complexity index is 1140. The van der Waals surface area contributed by atoms with Crippen LogP contribution in [0.15, 0.2) is 87.4 Å². The van der Waals surface area contributed by atoms with Crippen molar-refractivity contribution in [3.63, 3.8) is 0 Å². The van der Waals surface area contributed by atoms with Crippen LogP contribution in [0.5, 0.6) is 0 Å². The first-order valence-corrected chi connectivity index (χ1v) is 9.24. The summed E-state index contributed by atoms with van der Waals surface area (Å²) in [5.74, 6) is 0. The second-order valence-electron chi connectivity index (χ2n) is 7.36. The van der Waals surface area contributed by atoms with Gasteiger partial charge < -0.3 is 0 Å². The first kappa shape index (κ1) is 20.3. The van der Waals surface area contributed by atoms with Crippen molar-refractivity contribution in [3.05, 3.63) is 78.1 Å². The van der Waals surface area contributed by atoms with Crippen molar-refractivity contribution in [2.45, 2.75) is 23.7 Å². The molecule has 3 aromatic rings. The largest absolute Gasteiger partial charge is 0.442 e. The van der Waals surface area contributed by atoms with Gasteiger partial charge >= 0.3 is 23.7 Å². The van der Waals surface area contributed by atoms with Gasteiger partial charge in [-0.15, -0.1) is 20.5 Å². The fourth-order valence-electron chi connectivity index (χ4n) is 3.43. The normalized spacial score (nSPS) is 17.9. The van der Waals surface area contributed by atoms with Crippen molar-refractivity contribution < 1.29 is 26.3 Å². The van der Waals surface area contributed by atoms with Gasteiger partial charge in [0.05, 0.1) is 0 Å². The summed E-state index contributed by atoms with van der Waals surface area (Å²) in [6, 6.07) is 13.0. The summed E-state index contributed by atoms with van der Waals surface area (Å²) in [4.78, 5) is 4.15. The van der Waals surface area contributed by atoms with E-state index in [9.17, 15) is 26.3 Å². The van der Waals surface area contributed by atoms with Gasteiger partial charge in [0.2, 0.25) is 0 Å². The lowest BCUT2D eigenvalue weighted by molar-refractivity contribution is -0.166. The molecule has 162 valence electrons. The summed E-state index contributed by atoms with van der Waals surface area (Å²) in [6.45, 7) is 0. The molecule has 0 radical (unpaired) electrons. The zero-order valence-corrected chi connectivity index (χ0v) is 15.9. The number of benzene rings is 2. The van der Waals surface area contributed by atoms with Gasteiger partial charge in [0.15, 0.2) is 0 Å². The second-order valence-corrected chi connectivity index (χ2v) is 7.36. The van der Waals surface area contributed by atoms with Crippen molar-refractivity contribution in [3.8, 4) is 22.3 Å². The Morgan fingerprint density at radius 1 is 0.500 bits per heavy atom. The van der Waals surface area contributed by atoms with Crippen LogP contribution < -0.4 is 0 Å². The number of nitrogens with zero attached hydrogens (tertiary/aromatic N) is 5. The molecule has 2 aliphatic heterocycles. The zero-order valence-electron chi connectivity index (χ0n) is 15.9. The number of alkyl halides is 6. The maximum Gasteiger partial charge on any atom is 0.442 e. The molecule has 2 aliphatic rings. The van der Waals surface area contributed by atoms with Crippen LogP contribution in [0.25, 0.3) is 22.3 Å². The topological polar surface area (TPSA) is 62.3 Å². The maximum atomic E-state index is 13.1. The monoisotopic (exact) mass is 447 g/mol. The van der Waals surface area contributed by atoms with Gasteiger partial charge in [-0.25, -0.2) is 0 Å². The molecule has 32 heavy (non-hydrogen) atoms. The molecule has 0 bridgehead atoms. The molecule has 0 unspecified atom stereocenters. The third-order valence-corrected chi connectivity index (χ3v) is 5.37. The highest BCUT2D eigenvalue weighted by atomic mass is 19.4. The molecule has 0 atom stereocenters. The van der Waals surface area contributed by atoms with Gasteiger partial charge in [-0.1, -0.05) is 48.5 Å². The standard InChI is InChI=1S/C21H11F6N5/c22-20(23,24)18(29-30-18)16-5-1-12(2-6-16)14-9-15(11-28-10-14)13-3-7-17(8-4-13)19(31-32-19)21(25,26)27/h1-11H. The highest BCUT2D eigenvalue weighted by molar-refractivity contribution is 5.72. The molecule has 3 heterocycles. The Kier molecular flexibility index (Phi) is 4.08. The number of aromatic nitrogens is 1. The number of hydrogen-bond donors (Lipinski definition) is 0. The van der Waals surface area contributed by atoms with Crippen molar-refractivity contribution in [1.29, 1.82) is 0 Å². The summed E-state index contributed by atoms with van der Waals surface area (Å²) in [6.07, 6.45) is -6.13. The third kappa shape index (κ3) is 3.07. The summed E-state index contributed by atoms with van der Waals surface area (Å²) >= 11 is 0. The fraction of sp³-hybridized carbons (Fsp3) is 0.190.